The van der Waals surface area contributed by atoms with Crippen LogP contribution in [-0.4, -0.2) is 12.2 Å². The molecule has 1 unspecified atom stereocenters. The maximum absolute atomic E-state index is 10.0. The quantitative estimate of drug-likeness (QED) is 0.909. The molecule has 0 saturated heterocycles. The highest BCUT2D eigenvalue weighted by atomic mass is 35.5. The molecule has 0 aliphatic heterocycles. The van der Waals surface area contributed by atoms with Gasteiger partial charge in [0, 0.05) is 12.0 Å². The third-order valence-electron chi connectivity index (χ3n) is 2.57. The number of aliphatic hydroxyl groups excluding tert-OH is 1. The van der Waals surface area contributed by atoms with E-state index in [0.717, 1.165) is 11.3 Å². The summed E-state index contributed by atoms with van der Waals surface area (Å²) in [5.74, 6) is 0.771. The lowest BCUT2D eigenvalue weighted by Gasteiger charge is -2.10. The lowest BCUT2D eigenvalue weighted by molar-refractivity contribution is 0.177. The van der Waals surface area contributed by atoms with Crippen molar-refractivity contribution >= 4 is 11.6 Å². The number of aliphatic hydroxyl groups is 1. The second kappa shape index (κ2) is 5.25. The molecule has 0 amide bonds. The van der Waals surface area contributed by atoms with Crippen molar-refractivity contribution in [1.82, 2.24) is 0 Å². The number of methoxy groups -OCH3 is 1. The Balaban J connectivity index is 2.13. The summed E-state index contributed by atoms with van der Waals surface area (Å²) in [5.41, 5.74) is 1.59. The number of hydrogen-bond acceptors (Lipinski definition) is 3. The standard InChI is InChI=1S/C13H13ClO3/c1-16-10-4-2-3-9(7-10)8-12(15)11-5-6-17-13(11)14/h2-7,12,15H,8H2,1H3. The van der Waals surface area contributed by atoms with Crippen molar-refractivity contribution in [2.75, 3.05) is 7.11 Å². The molecule has 0 spiro atoms. The predicted octanol–water partition coefficient (Wildman–Crippen LogP) is 3.22. The Morgan fingerprint density at radius 2 is 2.24 bits per heavy atom. The van der Waals surface area contributed by atoms with Gasteiger partial charge in [0.15, 0.2) is 5.22 Å². The number of furan rings is 1. The zero-order valence-electron chi connectivity index (χ0n) is 9.39. The second-order valence-electron chi connectivity index (χ2n) is 3.72. The topological polar surface area (TPSA) is 42.6 Å². The van der Waals surface area contributed by atoms with E-state index in [1.54, 1.807) is 13.2 Å². The number of halogens is 1. The molecule has 4 heteroatoms. The fraction of sp³-hybridized carbons (Fsp3) is 0.231. The summed E-state index contributed by atoms with van der Waals surface area (Å²) in [7, 11) is 1.61. The number of benzene rings is 1. The minimum absolute atomic E-state index is 0.236. The normalized spacial score (nSPS) is 12.4. The van der Waals surface area contributed by atoms with Crippen molar-refractivity contribution in [2.24, 2.45) is 0 Å². The van der Waals surface area contributed by atoms with E-state index in [1.807, 2.05) is 24.3 Å². The molecule has 0 saturated carbocycles. The fourth-order valence-electron chi connectivity index (χ4n) is 1.68. The minimum Gasteiger partial charge on any atom is -0.497 e. The molecule has 1 aromatic carbocycles. The molecule has 17 heavy (non-hydrogen) atoms. The number of rotatable bonds is 4. The molecule has 2 rings (SSSR count). The van der Waals surface area contributed by atoms with Gasteiger partial charge < -0.3 is 14.3 Å². The first kappa shape index (κ1) is 12.0. The van der Waals surface area contributed by atoms with Gasteiger partial charge in [-0.25, -0.2) is 0 Å². The third kappa shape index (κ3) is 2.81. The van der Waals surface area contributed by atoms with Crippen LogP contribution < -0.4 is 4.74 Å². The van der Waals surface area contributed by atoms with Gasteiger partial charge in [0.1, 0.15) is 5.75 Å². The van der Waals surface area contributed by atoms with E-state index < -0.39 is 6.10 Å². The molecular formula is C13H13ClO3. The van der Waals surface area contributed by atoms with Crippen LogP contribution in [-0.2, 0) is 6.42 Å². The number of ether oxygens (including phenoxy) is 1. The highest BCUT2D eigenvalue weighted by Crippen LogP contribution is 2.27. The molecule has 0 radical (unpaired) electrons. The van der Waals surface area contributed by atoms with Crippen LogP contribution in [0.5, 0.6) is 5.75 Å². The molecule has 0 fully saturated rings. The van der Waals surface area contributed by atoms with Crippen molar-refractivity contribution in [3.05, 3.63) is 52.9 Å². The second-order valence-corrected chi connectivity index (χ2v) is 4.06. The summed E-state index contributed by atoms with van der Waals surface area (Å²) in [6.07, 6.45) is 1.26. The monoisotopic (exact) mass is 252 g/mol. The van der Waals surface area contributed by atoms with Crippen LogP contribution in [0.25, 0.3) is 0 Å². The smallest absolute Gasteiger partial charge is 0.198 e. The van der Waals surface area contributed by atoms with Gasteiger partial charge in [-0.15, -0.1) is 0 Å². The van der Waals surface area contributed by atoms with Crippen LogP contribution in [0, 0.1) is 0 Å². The third-order valence-corrected chi connectivity index (χ3v) is 2.88. The van der Waals surface area contributed by atoms with E-state index in [4.69, 9.17) is 20.8 Å². The van der Waals surface area contributed by atoms with Gasteiger partial charge in [-0.1, -0.05) is 12.1 Å². The minimum atomic E-state index is -0.673. The van der Waals surface area contributed by atoms with Crippen molar-refractivity contribution in [3.8, 4) is 5.75 Å². The van der Waals surface area contributed by atoms with E-state index in [0.29, 0.717) is 12.0 Å². The van der Waals surface area contributed by atoms with Gasteiger partial charge in [0.2, 0.25) is 0 Å². The molecule has 1 N–H and O–H groups in total. The van der Waals surface area contributed by atoms with E-state index >= 15 is 0 Å². The van der Waals surface area contributed by atoms with Crippen molar-refractivity contribution in [3.63, 3.8) is 0 Å². The predicted molar refractivity (Wildman–Crippen MR) is 65.4 cm³/mol. The molecule has 0 bridgehead atoms. The Bertz CT molecular complexity index is 493. The summed E-state index contributed by atoms with van der Waals surface area (Å²) in [5, 5.41) is 10.3. The molecule has 2 aromatic rings. The molecule has 0 aliphatic carbocycles. The van der Waals surface area contributed by atoms with Crippen LogP contribution in [0.3, 0.4) is 0 Å². The first-order valence-electron chi connectivity index (χ1n) is 5.24. The average molecular weight is 253 g/mol. The Labute approximate surface area is 105 Å². The first-order chi connectivity index (χ1) is 8.20. The van der Waals surface area contributed by atoms with Gasteiger partial charge in [-0.05, 0) is 35.4 Å². The molecule has 3 nitrogen and oxygen atoms in total. The molecule has 0 aliphatic rings. The van der Waals surface area contributed by atoms with Crippen LogP contribution in [0.2, 0.25) is 5.22 Å². The zero-order valence-corrected chi connectivity index (χ0v) is 10.1. The van der Waals surface area contributed by atoms with E-state index in [1.165, 1.54) is 6.26 Å². The Kier molecular flexibility index (Phi) is 3.71. The lowest BCUT2D eigenvalue weighted by atomic mass is 10.0. The first-order valence-corrected chi connectivity index (χ1v) is 5.62. The Morgan fingerprint density at radius 1 is 1.41 bits per heavy atom. The van der Waals surface area contributed by atoms with Gasteiger partial charge in [-0.2, -0.15) is 0 Å². The van der Waals surface area contributed by atoms with Gasteiger partial charge >= 0.3 is 0 Å². The molecule has 90 valence electrons. The largest absolute Gasteiger partial charge is 0.497 e. The molecular weight excluding hydrogens is 240 g/mol. The summed E-state index contributed by atoms with van der Waals surface area (Å²) in [6, 6.07) is 9.24. The lowest BCUT2D eigenvalue weighted by Crippen LogP contribution is -2.01. The summed E-state index contributed by atoms with van der Waals surface area (Å²) in [4.78, 5) is 0. The van der Waals surface area contributed by atoms with Gasteiger partial charge in [0.25, 0.3) is 0 Å². The van der Waals surface area contributed by atoms with Gasteiger partial charge in [0.05, 0.1) is 19.5 Å². The summed E-state index contributed by atoms with van der Waals surface area (Å²) >= 11 is 5.81. The van der Waals surface area contributed by atoms with Crippen molar-refractivity contribution in [2.45, 2.75) is 12.5 Å². The van der Waals surface area contributed by atoms with Crippen LogP contribution >= 0.6 is 11.6 Å². The fourth-order valence-corrected chi connectivity index (χ4v) is 1.92. The Morgan fingerprint density at radius 3 is 2.88 bits per heavy atom. The molecule has 1 aromatic heterocycles. The molecule has 1 heterocycles. The summed E-state index contributed by atoms with van der Waals surface area (Å²) in [6.45, 7) is 0. The SMILES string of the molecule is COc1cccc(CC(O)c2ccoc2Cl)c1. The van der Waals surface area contributed by atoms with E-state index in [-0.39, 0.29) is 5.22 Å². The van der Waals surface area contributed by atoms with E-state index in [9.17, 15) is 5.11 Å². The maximum Gasteiger partial charge on any atom is 0.198 e. The highest BCUT2D eigenvalue weighted by molar-refractivity contribution is 6.29. The number of hydrogen-bond donors (Lipinski definition) is 1. The highest BCUT2D eigenvalue weighted by Gasteiger charge is 2.14. The molecule has 1 atom stereocenters. The average Bonchev–Trinajstić information content (AvgIpc) is 2.76. The Hall–Kier alpha value is -1.45. The maximum atomic E-state index is 10.0. The van der Waals surface area contributed by atoms with Crippen molar-refractivity contribution in [1.29, 1.82) is 0 Å². The van der Waals surface area contributed by atoms with Gasteiger partial charge in [-0.3, -0.25) is 0 Å². The summed E-state index contributed by atoms with van der Waals surface area (Å²) < 4.78 is 10.1. The van der Waals surface area contributed by atoms with Crippen LogP contribution in [0.15, 0.2) is 41.0 Å². The zero-order chi connectivity index (χ0) is 12.3. The van der Waals surface area contributed by atoms with Crippen molar-refractivity contribution < 1.29 is 14.3 Å². The van der Waals surface area contributed by atoms with E-state index in [2.05, 4.69) is 0 Å². The van der Waals surface area contributed by atoms with Crippen LogP contribution in [0.4, 0.5) is 0 Å². The van der Waals surface area contributed by atoms with Crippen LogP contribution in [0.1, 0.15) is 17.2 Å².